The van der Waals surface area contributed by atoms with Gasteiger partial charge in [0, 0.05) is 12.8 Å². The van der Waals surface area contributed by atoms with Crippen molar-refractivity contribution >= 4 is 0 Å². The van der Waals surface area contributed by atoms with E-state index in [0.29, 0.717) is 0 Å². The monoisotopic (exact) mass is 296 g/mol. The fraction of sp³-hybridized carbons (Fsp3) is 0.524. The van der Waals surface area contributed by atoms with Crippen LogP contribution in [0.25, 0.3) is 0 Å². The Morgan fingerprint density at radius 1 is 0.773 bits per heavy atom. The number of rotatable bonds is 3. The van der Waals surface area contributed by atoms with Crippen LogP contribution in [0.1, 0.15) is 71.1 Å². The molecule has 1 aromatic rings. The molecule has 0 amide bonds. The smallest absolute Gasteiger partial charge is 0.111 e. The zero-order valence-electron chi connectivity index (χ0n) is 14.7. The van der Waals surface area contributed by atoms with Crippen molar-refractivity contribution < 1.29 is 5.11 Å². The van der Waals surface area contributed by atoms with Gasteiger partial charge in [0.15, 0.2) is 0 Å². The van der Waals surface area contributed by atoms with Crippen LogP contribution in [-0.2, 0) is 16.4 Å². The van der Waals surface area contributed by atoms with Crippen molar-refractivity contribution in [3.8, 4) is 24.7 Å². The molecular formula is C21H28O. The molecule has 1 heteroatoms. The first-order chi connectivity index (χ1) is 9.94. The summed E-state index contributed by atoms with van der Waals surface area (Å²) in [6.07, 6.45) is 11.3. The third-order valence-electron chi connectivity index (χ3n) is 3.99. The molecule has 22 heavy (non-hydrogen) atoms. The van der Waals surface area contributed by atoms with E-state index in [1.165, 1.54) is 11.1 Å². The van der Waals surface area contributed by atoms with Crippen LogP contribution in [0.5, 0.6) is 0 Å². The first-order valence-electron chi connectivity index (χ1n) is 7.70. The van der Waals surface area contributed by atoms with Crippen molar-refractivity contribution in [3.63, 3.8) is 0 Å². The summed E-state index contributed by atoms with van der Waals surface area (Å²) in [5.41, 5.74) is 2.00. The Balaban J connectivity index is 3.60. The highest BCUT2D eigenvalue weighted by Crippen LogP contribution is 2.36. The molecule has 0 saturated heterocycles. The van der Waals surface area contributed by atoms with Gasteiger partial charge in [-0.05, 0) is 27.5 Å². The fourth-order valence-electron chi connectivity index (χ4n) is 2.37. The molecule has 0 radical (unpaired) electrons. The Kier molecular flexibility index (Phi) is 5.17. The molecule has 0 fully saturated rings. The minimum atomic E-state index is -1.16. The summed E-state index contributed by atoms with van der Waals surface area (Å²) in [6.45, 7) is 13.0. The van der Waals surface area contributed by atoms with Crippen LogP contribution in [0, 0.1) is 24.7 Å². The van der Waals surface area contributed by atoms with Gasteiger partial charge in [0.1, 0.15) is 5.60 Å². The third-order valence-corrected chi connectivity index (χ3v) is 3.99. The molecule has 0 spiro atoms. The van der Waals surface area contributed by atoms with E-state index in [9.17, 15) is 5.11 Å². The van der Waals surface area contributed by atoms with E-state index in [4.69, 9.17) is 12.8 Å². The van der Waals surface area contributed by atoms with Crippen LogP contribution >= 0.6 is 0 Å². The van der Waals surface area contributed by atoms with Gasteiger partial charge in [-0.3, -0.25) is 0 Å². The minimum Gasteiger partial charge on any atom is -0.383 e. The third kappa shape index (κ3) is 4.16. The molecule has 0 unspecified atom stereocenters. The Bertz CT molecular complexity index is 561. The molecule has 0 bridgehead atoms. The van der Waals surface area contributed by atoms with Crippen LogP contribution in [0.15, 0.2) is 18.2 Å². The van der Waals surface area contributed by atoms with Crippen LogP contribution in [0.4, 0.5) is 0 Å². The molecule has 0 aliphatic rings. The summed E-state index contributed by atoms with van der Waals surface area (Å²) in [5, 5.41) is 11.0. The number of hydrogen-bond donors (Lipinski definition) is 1. The zero-order valence-corrected chi connectivity index (χ0v) is 14.7. The van der Waals surface area contributed by atoms with E-state index >= 15 is 0 Å². The zero-order chi connectivity index (χ0) is 17.2. The van der Waals surface area contributed by atoms with Gasteiger partial charge in [0.05, 0.1) is 0 Å². The largest absolute Gasteiger partial charge is 0.383 e. The van der Waals surface area contributed by atoms with E-state index in [-0.39, 0.29) is 23.7 Å². The summed E-state index contributed by atoms with van der Waals surface area (Å²) in [6, 6.07) is 6.31. The lowest BCUT2D eigenvalue weighted by Gasteiger charge is -2.31. The average Bonchev–Trinajstić information content (AvgIpc) is 2.36. The second kappa shape index (κ2) is 6.20. The van der Waals surface area contributed by atoms with Crippen molar-refractivity contribution in [1.29, 1.82) is 0 Å². The Hall–Kier alpha value is -1.70. The molecule has 0 heterocycles. The molecule has 0 saturated carbocycles. The molecule has 0 aliphatic heterocycles. The Morgan fingerprint density at radius 2 is 1.09 bits per heavy atom. The SMILES string of the molecule is C#CCC(O)(CC#C)c1cc(C(C)(C)C)cc(C(C)(C)C)c1. The van der Waals surface area contributed by atoms with Gasteiger partial charge >= 0.3 is 0 Å². The summed E-state index contributed by atoms with van der Waals surface area (Å²) in [7, 11) is 0. The van der Waals surface area contributed by atoms with Crippen molar-refractivity contribution in [2.45, 2.75) is 70.8 Å². The molecule has 1 rings (SSSR count). The maximum absolute atomic E-state index is 11.0. The van der Waals surface area contributed by atoms with Gasteiger partial charge in [-0.2, -0.15) is 0 Å². The van der Waals surface area contributed by atoms with Crippen molar-refractivity contribution in [1.82, 2.24) is 0 Å². The lowest BCUT2D eigenvalue weighted by atomic mass is 9.76. The number of benzene rings is 1. The van der Waals surface area contributed by atoms with Crippen molar-refractivity contribution in [2.24, 2.45) is 0 Å². The van der Waals surface area contributed by atoms with Gasteiger partial charge in [-0.15, -0.1) is 24.7 Å². The first kappa shape index (κ1) is 18.3. The maximum Gasteiger partial charge on any atom is 0.111 e. The molecule has 118 valence electrons. The van der Waals surface area contributed by atoms with E-state index in [1.807, 2.05) is 12.1 Å². The van der Waals surface area contributed by atoms with Gasteiger partial charge in [-0.25, -0.2) is 0 Å². The maximum atomic E-state index is 11.0. The Labute approximate surface area is 136 Å². The van der Waals surface area contributed by atoms with Gasteiger partial charge in [0.2, 0.25) is 0 Å². The van der Waals surface area contributed by atoms with Crippen molar-refractivity contribution in [3.05, 3.63) is 34.9 Å². The molecule has 0 atom stereocenters. The highest BCUT2D eigenvalue weighted by atomic mass is 16.3. The molecular weight excluding hydrogens is 268 g/mol. The van der Waals surface area contributed by atoms with Crippen LogP contribution in [0.2, 0.25) is 0 Å². The number of hydrogen-bond acceptors (Lipinski definition) is 1. The van der Waals surface area contributed by atoms with Crippen LogP contribution in [0.3, 0.4) is 0 Å². The molecule has 0 aromatic heterocycles. The van der Waals surface area contributed by atoms with Gasteiger partial charge in [-0.1, -0.05) is 59.7 Å². The van der Waals surface area contributed by atoms with E-state index in [1.54, 1.807) is 0 Å². The van der Waals surface area contributed by atoms with Gasteiger partial charge in [0.25, 0.3) is 0 Å². The second-order valence-electron chi connectivity index (χ2n) is 8.09. The topological polar surface area (TPSA) is 20.2 Å². The minimum absolute atomic E-state index is 0.0107. The molecule has 1 aromatic carbocycles. The Morgan fingerprint density at radius 3 is 1.36 bits per heavy atom. The quantitative estimate of drug-likeness (QED) is 0.813. The number of aliphatic hydroxyl groups is 1. The lowest BCUT2D eigenvalue weighted by molar-refractivity contribution is 0.0472. The lowest BCUT2D eigenvalue weighted by Crippen LogP contribution is -2.27. The standard InChI is InChI=1S/C21H28O/c1-9-11-21(22,12-10-2)18-14-16(19(3,4)5)13-17(15-18)20(6,7)8/h1-2,13-15,22H,11-12H2,3-8H3. The summed E-state index contributed by atoms with van der Waals surface area (Å²) < 4.78 is 0. The molecule has 1 N–H and O–H groups in total. The van der Waals surface area contributed by atoms with E-state index in [0.717, 1.165) is 5.56 Å². The first-order valence-corrected chi connectivity index (χ1v) is 7.70. The van der Waals surface area contributed by atoms with Crippen molar-refractivity contribution in [2.75, 3.05) is 0 Å². The normalized spacial score (nSPS) is 12.6. The number of terminal acetylenes is 2. The van der Waals surface area contributed by atoms with Crippen LogP contribution in [-0.4, -0.2) is 5.11 Å². The summed E-state index contributed by atoms with van der Waals surface area (Å²) in [4.78, 5) is 0. The summed E-state index contributed by atoms with van der Waals surface area (Å²) in [5.74, 6) is 5.12. The van der Waals surface area contributed by atoms with Gasteiger partial charge < -0.3 is 5.11 Å². The van der Waals surface area contributed by atoms with E-state index in [2.05, 4.69) is 59.4 Å². The molecule has 0 aliphatic carbocycles. The second-order valence-corrected chi connectivity index (χ2v) is 8.09. The highest BCUT2D eigenvalue weighted by molar-refractivity contribution is 5.40. The fourth-order valence-corrected chi connectivity index (χ4v) is 2.37. The predicted octanol–water partition coefficient (Wildman–Crippen LogP) is 4.52. The highest BCUT2D eigenvalue weighted by Gasteiger charge is 2.31. The molecule has 1 nitrogen and oxygen atoms in total. The summed E-state index contributed by atoms with van der Waals surface area (Å²) >= 11 is 0. The average molecular weight is 296 g/mol. The van der Waals surface area contributed by atoms with E-state index < -0.39 is 5.60 Å². The predicted molar refractivity (Wildman–Crippen MR) is 94.6 cm³/mol. The van der Waals surface area contributed by atoms with Crippen LogP contribution < -0.4 is 0 Å².